The number of hydrogen-bond donors (Lipinski definition) is 1. The van der Waals surface area contributed by atoms with Gasteiger partial charge in [0.15, 0.2) is 0 Å². The molecule has 1 aliphatic rings. The lowest BCUT2D eigenvalue weighted by Crippen LogP contribution is -2.48. The maximum atomic E-state index is 9.06. The van der Waals surface area contributed by atoms with Crippen LogP contribution in [0.2, 0.25) is 0 Å². The van der Waals surface area contributed by atoms with E-state index in [4.69, 9.17) is 5.21 Å². The first-order valence-corrected chi connectivity index (χ1v) is 5.82. The van der Waals surface area contributed by atoms with Crippen LogP contribution in [0.3, 0.4) is 0 Å². The molecule has 2 nitrogen and oxygen atoms in total. The van der Waals surface area contributed by atoms with Gasteiger partial charge in [0.2, 0.25) is 0 Å². The van der Waals surface area contributed by atoms with Gasteiger partial charge < -0.3 is 5.21 Å². The van der Waals surface area contributed by atoms with Gasteiger partial charge in [-0.25, -0.2) is 0 Å². The molecule has 0 bridgehead atoms. The molecule has 3 heteroatoms. The van der Waals surface area contributed by atoms with Crippen molar-refractivity contribution in [3.8, 4) is 0 Å². The van der Waals surface area contributed by atoms with E-state index < -0.39 is 0 Å². The Hall–Kier alpha value is 0.200. The van der Waals surface area contributed by atoms with Crippen molar-refractivity contribution < 1.29 is 5.21 Å². The van der Waals surface area contributed by atoms with Crippen LogP contribution < -0.4 is 0 Å². The molecule has 0 aromatic heterocycles. The summed E-state index contributed by atoms with van der Waals surface area (Å²) in [5.74, 6) is 0.590. The lowest BCUT2D eigenvalue weighted by atomic mass is 9.66. The Morgan fingerprint density at radius 1 is 1.46 bits per heavy atom. The summed E-state index contributed by atoms with van der Waals surface area (Å²) in [6.45, 7) is 8.71. The minimum Gasteiger partial charge on any atom is -0.411 e. The van der Waals surface area contributed by atoms with E-state index in [9.17, 15) is 0 Å². The number of oxime groups is 1. The summed E-state index contributed by atoms with van der Waals surface area (Å²) in [5, 5.41) is 12.6. The molecule has 0 aromatic rings. The van der Waals surface area contributed by atoms with E-state index in [1.165, 1.54) is 6.42 Å². The number of rotatable bonds is 0. The van der Waals surface area contributed by atoms with Gasteiger partial charge in [0.05, 0.1) is 9.13 Å². The highest BCUT2D eigenvalue weighted by Crippen LogP contribution is 2.46. The van der Waals surface area contributed by atoms with Gasteiger partial charge in [-0.05, 0) is 25.7 Å². The van der Waals surface area contributed by atoms with E-state index >= 15 is 0 Å². The second kappa shape index (κ2) is 3.41. The van der Waals surface area contributed by atoms with E-state index in [1.54, 1.807) is 0 Å². The molecule has 1 rings (SSSR count). The van der Waals surface area contributed by atoms with Crippen molar-refractivity contribution in [3.05, 3.63) is 0 Å². The molecule has 0 spiro atoms. The first-order valence-electron chi connectivity index (χ1n) is 4.74. The predicted molar refractivity (Wildman–Crippen MR) is 63.8 cm³/mol. The summed E-state index contributed by atoms with van der Waals surface area (Å²) in [6, 6.07) is 0. The van der Waals surface area contributed by atoms with E-state index in [2.05, 4.69) is 55.4 Å². The number of halogens is 1. The largest absolute Gasteiger partial charge is 0.411 e. The molecule has 0 aromatic carbocycles. The Morgan fingerprint density at radius 2 is 2.00 bits per heavy atom. The van der Waals surface area contributed by atoms with Crippen molar-refractivity contribution in [3.63, 3.8) is 0 Å². The molecule has 0 radical (unpaired) electrons. The van der Waals surface area contributed by atoms with Crippen molar-refractivity contribution in [2.24, 2.45) is 16.5 Å². The van der Waals surface area contributed by atoms with Gasteiger partial charge in [0.25, 0.3) is 0 Å². The van der Waals surface area contributed by atoms with Crippen molar-refractivity contribution >= 4 is 28.3 Å². The Morgan fingerprint density at radius 3 is 2.38 bits per heavy atom. The highest BCUT2D eigenvalue weighted by molar-refractivity contribution is 14.1. The fourth-order valence-corrected chi connectivity index (χ4v) is 3.24. The molecule has 13 heavy (non-hydrogen) atoms. The van der Waals surface area contributed by atoms with Crippen LogP contribution >= 0.6 is 22.6 Å². The van der Waals surface area contributed by atoms with E-state index in [-0.39, 0.29) is 8.84 Å². The smallest absolute Gasteiger partial charge is 0.0785 e. The summed E-state index contributed by atoms with van der Waals surface area (Å²) in [6.07, 6.45) is 2.33. The molecule has 0 amide bonds. The average Bonchev–Trinajstić information content (AvgIpc) is 1.98. The van der Waals surface area contributed by atoms with Crippen molar-refractivity contribution in [1.29, 1.82) is 0 Å². The van der Waals surface area contributed by atoms with Crippen LogP contribution in [0.1, 0.15) is 40.5 Å². The Labute approximate surface area is 93.9 Å². The zero-order valence-corrected chi connectivity index (χ0v) is 10.9. The minimum atomic E-state index is 0.00819. The minimum absolute atomic E-state index is 0.00819. The zero-order valence-electron chi connectivity index (χ0n) is 8.76. The van der Waals surface area contributed by atoms with Crippen LogP contribution in [-0.2, 0) is 0 Å². The van der Waals surface area contributed by atoms with Crippen molar-refractivity contribution in [2.45, 2.75) is 44.0 Å². The molecule has 2 unspecified atom stereocenters. The van der Waals surface area contributed by atoms with E-state index in [1.807, 2.05) is 0 Å². The van der Waals surface area contributed by atoms with Crippen LogP contribution in [0.15, 0.2) is 5.16 Å². The van der Waals surface area contributed by atoms with Crippen LogP contribution in [-0.4, -0.2) is 14.3 Å². The van der Waals surface area contributed by atoms with Crippen LogP contribution in [0.4, 0.5) is 0 Å². The second-order valence-corrected chi connectivity index (χ2v) is 7.09. The third-order valence-corrected chi connectivity index (χ3v) is 4.91. The fraction of sp³-hybridized carbons (Fsp3) is 0.900. The van der Waals surface area contributed by atoms with Gasteiger partial charge in [-0.2, -0.15) is 0 Å². The second-order valence-electron chi connectivity index (χ2n) is 4.85. The molecule has 1 aliphatic carbocycles. The third-order valence-electron chi connectivity index (χ3n) is 3.33. The number of nitrogens with zero attached hydrogens (tertiary/aromatic N) is 1. The lowest BCUT2D eigenvalue weighted by Gasteiger charge is -2.44. The quantitative estimate of drug-likeness (QED) is 0.316. The van der Waals surface area contributed by atoms with Crippen LogP contribution in [0.25, 0.3) is 0 Å². The van der Waals surface area contributed by atoms with Gasteiger partial charge in [-0.15, -0.1) is 0 Å². The highest BCUT2D eigenvalue weighted by atomic mass is 127. The number of hydrogen-bond acceptors (Lipinski definition) is 2. The molecule has 0 saturated heterocycles. The SMILES string of the molecule is CC1CCC(C)(C)/C(=N\O)C1(C)I. The maximum Gasteiger partial charge on any atom is 0.0785 e. The molecular formula is C10H18INO. The van der Waals surface area contributed by atoms with Gasteiger partial charge in [0.1, 0.15) is 0 Å². The average molecular weight is 295 g/mol. The van der Waals surface area contributed by atoms with Crippen LogP contribution in [0.5, 0.6) is 0 Å². The normalized spacial score (nSPS) is 42.2. The first-order chi connectivity index (χ1) is 5.82. The summed E-state index contributed by atoms with van der Waals surface area (Å²) < 4.78 is 0.00819. The van der Waals surface area contributed by atoms with E-state index in [0.717, 1.165) is 12.1 Å². The molecule has 76 valence electrons. The lowest BCUT2D eigenvalue weighted by molar-refractivity contribution is 0.271. The molecule has 1 fully saturated rings. The Kier molecular flexibility index (Phi) is 2.95. The van der Waals surface area contributed by atoms with Gasteiger partial charge in [-0.3, -0.25) is 0 Å². The summed E-state index contributed by atoms with van der Waals surface area (Å²) >= 11 is 2.41. The Bertz CT molecular complexity index is 233. The topological polar surface area (TPSA) is 32.6 Å². The van der Waals surface area contributed by atoms with Crippen molar-refractivity contribution in [1.82, 2.24) is 0 Å². The Balaban J connectivity index is 3.06. The third kappa shape index (κ3) is 1.85. The number of alkyl halides is 1. The van der Waals surface area contributed by atoms with Crippen molar-refractivity contribution in [2.75, 3.05) is 0 Å². The summed E-state index contributed by atoms with van der Waals surface area (Å²) in [4.78, 5) is 0. The molecular weight excluding hydrogens is 277 g/mol. The maximum absolute atomic E-state index is 9.06. The molecule has 1 N–H and O–H groups in total. The van der Waals surface area contributed by atoms with E-state index in [0.29, 0.717) is 5.92 Å². The van der Waals surface area contributed by atoms with Gasteiger partial charge >= 0.3 is 0 Å². The summed E-state index contributed by atoms with van der Waals surface area (Å²) in [5.41, 5.74) is 0.997. The van der Waals surface area contributed by atoms with Crippen LogP contribution in [0, 0.1) is 11.3 Å². The first kappa shape index (κ1) is 11.3. The molecule has 0 heterocycles. The molecule has 0 aliphatic heterocycles. The van der Waals surface area contributed by atoms with Gasteiger partial charge in [-0.1, -0.05) is 48.5 Å². The predicted octanol–water partition coefficient (Wildman–Crippen LogP) is 3.47. The molecule has 2 atom stereocenters. The summed E-state index contributed by atoms with van der Waals surface area (Å²) in [7, 11) is 0. The fourth-order valence-electron chi connectivity index (χ4n) is 2.09. The zero-order chi connectivity index (χ0) is 10.3. The monoisotopic (exact) mass is 295 g/mol. The highest BCUT2D eigenvalue weighted by Gasteiger charge is 2.46. The molecule has 1 saturated carbocycles. The van der Waals surface area contributed by atoms with Gasteiger partial charge in [0, 0.05) is 5.41 Å². The standard InChI is InChI=1S/C10H18INO/c1-7-5-6-9(2,3)8(12-13)10(7,4)11/h7,13H,5-6H2,1-4H3/b12-8+.